The standard InChI is InChI=1S/C6H12O2.C4H8O3/c1-2-3-4-5-6(7)8;1-3(5)2-4(6)7/h2-5H2,1H3,(H,7,8);3,5H,2H2,1H3,(H,6,7). The Bertz CT molecular complexity index is 177. The van der Waals surface area contributed by atoms with Crippen molar-refractivity contribution in [1.29, 1.82) is 0 Å². The Kier molecular flexibility index (Phi) is 12.0. The molecule has 3 N–H and O–H groups in total. The van der Waals surface area contributed by atoms with Crippen molar-refractivity contribution < 1.29 is 24.9 Å². The highest BCUT2D eigenvalue weighted by molar-refractivity contribution is 5.67. The maximum Gasteiger partial charge on any atom is 0.305 e. The Morgan fingerprint density at radius 3 is 1.87 bits per heavy atom. The van der Waals surface area contributed by atoms with Crippen molar-refractivity contribution in [3.63, 3.8) is 0 Å². The Labute approximate surface area is 89.7 Å². The van der Waals surface area contributed by atoms with Crippen LogP contribution in [0.3, 0.4) is 0 Å². The van der Waals surface area contributed by atoms with E-state index < -0.39 is 18.0 Å². The molecular weight excluding hydrogens is 200 g/mol. The van der Waals surface area contributed by atoms with Gasteiger partial charge >= 0.3 is 11.9 Å². The average Bonchev–Trinajstić information content (AvgIpc) is 2.02. The first-order valence-corrected chi connectivity index (χ1v) is 5.01. The quantitative estimate of drug-likeness (QED) is 0.589. The van der Waals surface area contributed by atoms with Gasteiger partial charge in [0.1, 0.15) is 0 Å². The summed E-state index contributed by atoms with van der Waals surface area (Å²) in [6.07, 6.45) is 2.39. The van der Waals surface area contributed by atoms with Crippen molar-refractivity contribution in [2.45, 2.75) is 52.1 Å². The zero-order chi connectivity index (χ0) is 12.3. The van der Waals surface area contributed by atoms with Crippen molar-refractivity contribution >= 4 is 11.9 Å². The van der Waals surface area contributed by atoms with Gasteiger partial charge in [-0.3, -0.25) is 9.59 Å². The van der Waals surface area contributed by atoms with Gasteiger partial charge in [0.2, 0.25) is 0 Å². The first-order chi connectivity index (χ1) is 6.90. The van der Waals surface area contributed by atoms with Crippen LogP contribution in [0, 0.1) is 0 Å². The van der Waals surface area contributed by atoms with E-state index in [0.29, 0.717) is 6.42 Å². The number of carbonyl (C=O) groups is 2. The predicted molar refractivity (Wildman–Crippen MR) is 55.7 cm³/mol. The summed E-state index contributed by atoms with van der Waals surface area (Å²) >= 11 is 0. The highest BCUT2D eigenvalue weighted by Crippen LogP contribution is 1.97. The number of carboxylic acids is 2. The number of aliphatic hydroxyl groups is 1. The van der Waals surface area contributed by atoms with Crippen LogP contribution in [0.15, 0.2) is 0 Å². The molecule has 0 aromatic rings. The van der Waals surface area contributed by atoms with Crippen molar-refractivity contribution in [3.05, 3.63) is 0 Å². The number of aliphatic carboxylic acids is 2. The van der Waals surface area contributed by atoms with Gasteiger partial charge < -0.3 is 15.3 Å². The molecule has 5 heteroatoms. The second-order valence-corrected chi connectivity index (χ2v) is 3.30. The minimum Gasteiger partial charge on any atom is -0.481 e. The molecule has 0 bridgehead atoms. The number of aliphatic hydroxyl groups excluding tert-OH is 1. The largest absolute Gasteiger partial charge is 0.481 e. The molecule has 0 aliphatic heterocycles. The number of carboxylic acid groups (broad SMARTS) is 2. The Morgan fingerprint density at radius 2 is 1.67 bits per heavy atom. The second kappa shape index (κ2) is 11.0. The highest BCUT2D eigenvalue weighted by Gasteiger charge is 2.00. The molecule has 0 saturated carbocycles. The molecule has 0 saturated heterocycles. The van der Waals surface area contributed by atoms with Gasteiger partial charge in [-0.15, -0.1) is 0 Å². The SMILES string of the molecule is CC(O)CC(=O)O.CCCCCC(=O)O. The van der Waals surface area contributed by atoms with Crippen molar-refractivity contribution in [2.24, 2.45) is 0 Å². The van der Waals surface area contributed by atoms with Gasteiger partial charge in [-0.2, -0.15) is 0 Å². The van der Waals surface area contributed by atoms with Gasteiger partial charge in [-0.25, -0.2) is 0 Å². The van der Waals surface area contributed by atoms with Gasteiger partial charge in [0.15, 0.2) is 0 Å². The van der Waals surface area contributed by atoms with Gasteiger partial charge in [0.05, 0.1) is 12.5 Å². The lowest BCUT2D eigenvalue weighted by molar-refractivity contribution is -0.139. The van der Waals surface area contributed by atoms with Crippen LogP contribution in [-0.2, 0) is 9.59 Å². The van der Waals surface area contributed by atoms with E-state index in [1.807, 2.05) is 0 Å². The van der Waals surface area contributed by atoms with Crippen LogP contribution in [0.4, 0.5) is 0 Å². The fraction of sp³-hybridized carbons (Fsp3) is 0.800. The van der Waals surface area contributed by atoms with Gasteiger partial charge in [0, 0.05) is 6.42 Å². The zero-order valence-corrected chi connectivity index (χ0v) is 9.27. The van der Waals surface area contributed by atoms with E-state index in [1.165, 1.54) is 6.92 Å². The van der Waals surface area contributed by atoms with Crippen LogP contribution >= 0.6 is 0 Å². The summed E-state index contributed by atoms with van der Waals surface area (Å²) in [6, 6.07) is 0. The molecule has 90 valence electrons. The minimum atomic E-state index is -0.963. The Balaban J connectivity index is 0. The number of hydrogen-bond donors (Lipinski definition) is 3. The van der Waals surface area contributed by atoms with Gasteiger partial charge in [-0.05, 0) is 13.3 Å². The first-order valence-electron chi connectivity index (χ1n) is 5.01. The molecule has 0 aliphatic rings. The van der Waals surface area contributed by atoms with E-state index in [0.717, 1.165) is 19.3 Å². The van der Waals surface area contributed by atoms with E-state index in [9.17, 15) is 9.59 Å². The second-order valence-electron chi connectivity index (χ2n) is 3.30. The summed E-state index contributed by atoms with van der Waals surface area (Å²) < 4.78 is 0. The summed E-state index contributed by atoms with van der Waals surface area (Å²) in [5.74, 6) is -1.64. The van der Waals surface area contributed by atoms with Crippen LogP contribution < -0.4 is 0 Å². The lowest BCUT2D eigenvalue weighted by atomic mass is 10.2. The summed E-state index contributed by atoms with van der Waals surface area (Å²) in [7, 11) is 0. The van der Waals surface area contributed by atoms with E-state index in [1.54, 1.807) is 0 Å². The third kappa shape index (κ3) is 24.6. The van der Waals surface area contributed by atoms with Crippen molar-refractivity contribution in [2.75, 3.05) is 0 Å². The number of rotatable bonds is 6. The number of hydrogen-bond acceptors (Lipinski definition) is 3. The maximum absolute atomic E-state index is 9.87. The molecule has 0 spiro atoms. The summed E-state index contributed by atoms with van der Waals surface area (Å²) in [5, 5.41) is 24.4. The lowest BCUT2D eigenvalue weighted by Crippen LogP contribution is -2.07. The maximum atomic E-state index is 9.87. The molecular formula is C10H20O5. The zero-order valence-electron chi connectivity index (χ0n) is 9.27. The normalized spacial score (nSPS) is 11.1. The lowest BCUT2D eigenvalue weighted by Gasteiger charge is -1.94. The molecule has 0 aliphatic carbocycles. The van der Waals surface area contributed by atoms with E-state index >= 15 is 0 Å². The van der Waals surface area contributed by atoms with Crippen LogP contribution in [0.25, 0.3) is 0 Å². The van der Waals surface area contributed by atoms with E-state index in [-0.39, 0.29) is 6.42 Å². The molecule has 0 aromatic heterocycles. The molecule has 1 atom stereocenters. The van der Waals surface area contributed by atoms with Crippen LogP contribution in [0.5, 0.6) is 0 Å². The Morgan fingerprint density at radius 1 is 1.13 bits per heavy atom. The van der Waals surface area contributed by atoms with Crippen LogP contribution in [-0.4, -0.2) is 33.4 Å². The van der Waals surface area contributed by atoms with E-state index in [4.69, 9.17) is 15.3 Å². The molecule has 15 heavy (non-hydrogen) atoms. The summed E-state index contributed by atoms with van der Waals surface area (Å²) in [5.41, 5.74) is 0. The van der Waals surface area contributed by atoms with Gasteiger partial charge in [0.25, 0.3) is 0 Å². The predicted octanol–water partition coefficient (Wildman–Crippen LogP) is 1.49. The molecule has 5 nitrogen and oxygen atoms in total. The third-order valence-electron chi connectivity index (χ3n) is 1.46. The highest BCUT2D eigenvalue weighted by atomic mass is 16.4. The number of unbranched alkanes of at least 4 members (excludes halogenated alkanes) is 2. The first kappa shape index (κ1) is 16.3. The smallest absolute Gasteiger partial charge is 0.305 e. The fourth-order valence-corrected chi connectivity index (χ4v) is 0.779. The molecule has 0 radical (unpaired) electrons. The fourth-order valence-electron chi connectivity index (χ4n) is 0.779. The Hall–Kier alpha value is -1.10. The third-order valence-corrected chi connectivity index (χ3v) is 1.46. The topological polar surface area (TPSA) is 94.8 Å². The van der Waals surface area contributed by atoms with E-state index in [2.05, 4.69) is 6.92 Å². The van der Waals surface area contributed by atoms with Crippen LogP contribution in [0.1, 0.15) is 46.0 Å². The minimum absolute atomic E-state index is 0.167. The van der Waals surface area contributed by atoms with Crippen LogP contribution in [0.2, 0.25) is 0 Å². The monoisotopic (exact) mass is 220 g/mol. The molecule has 1 unspecified atom stereocenters. The molecule has 0 amide bonds. The molecule has 0 fully saturated rings. The van der Waals surface area contributed by atoms with Gasteiger partial charge in [-0.1, -0.05) is 19.8 Å². The van der Waals surface area contributed by atoms with Crippen molar-refractivity contribution in [3.8, 4) is 0 Å². The summed E-state index contributed by atoms with van der Waals surface area (Å²) in [6.45, 7) is 3.50. The molecule has 0 aromatic carbocycles. The summed E-state index contributed by atoms with van der Waals surface area (Å²) in [4.78, 5) is 19.5. The average molecular weight is 220 g/mol. The van der Waals surface area contributed by atoms with Crippen molar-refractivity contribution in [1.82, 2.24) is 0 Å². The molecule has 0 heterocycles. The molecule has 0 rings (SSSR count).